The first kappa shape index (κ1) is 21.7. The molecule has 0 aliphatic carbocycles. The maximum atomic E-state index is 13.2. The van der Waals surface area contributed by atoms with Crippen LogP contribution in [-0.2, 0) is 9.53 Å². The molecule has 0 fully saturated rings. The Balaban J connectivity index is 1.86. The Morgan fingerprint density at radius 2 is 1.84 bits per heavy atom. The standard InChI is InChI=1S/C22H20FN3O5/c1-3-30-22(29)21-18(31-13-19(27)24-17-7-5-4-6-14(17)2)12-20(28)26(25-21)16-10-8-15(23)9-11-16/h4-12H,3,13H2,1-2H3,(H,24,27). The smallest absolute Gasteiger partial charge is 0.362 e. The molecule has 1 heterocycles. The first-order chi connectivity index (χ1) is 14.9. The van der Waals surface area contributed by atoms with Crippen molar-refractivity contribution in [2.45, 2.75) is 13.8 Å². The Bertz CT molecular complexity index is 1160. The molecule has 1 amide bonds. The lowest BCUT2D eigenvalue weighted by Gasteiger charge is -2.13. The van der Waals surface area contributed by atoms with Gasteiger partial charge in [0.2, 0.25) is 5.69 Å². The van der Waals surface area contributed by atoms with Crippen molar-refractivity contribution in [3.63, 3.8) is 0 Å². The van der Waals surface area contributed by atoms with Crippen LogP contribution < -0.4 is 15.6 Å². The van der Waals surface area contributed by atoms with Gasteiger partial charge < -0.3 is 14.8 Å². The van der Waals surface area contributed by atoms with Gasteiger partial charge in [-0.25, -0.2) is 9.18 Å². The molecule has 1 N–H and O–H groups in total. The number of nitrogens with zero attached hydrogens (tertiary/aromatic N) is 2. The first-order valence-electron chi connectivity index (χ1n) is 9.44. The first-order valence-corrected chi connectivity index (χ1v) is 9.44. The number of carbonyl (C=O) groups excluding carboxylic acids is 2. The van der Waals surface area contributed by atoms with Crippen molar-refractivity contribution in [1.29, 1.82) is 0 Å². The van der Waals surface area contributed by atoms with Crippen LogP contribution in [0.1, 0.15) is 23.0 Å². The summed E-state index contributed by atoms with van der Waals surface area (Å²) in [6.07, 6.45) is 0. The van der Waals surface area contributed by atoms with Crippen molar-refractivity contribution < 1.29 is 23.5 Å². The predicted molar refractivity (Wildman–Crippen MR) is 111 cm³/mol. The number of para-hydroxylation sites is 1. The number of hydrogen-bond donors (Lipinski definition) is 1. The molecule has 1 aromatic heterocycles. The number of esters is 1. The molecule has 0 radical (unpaired) electrons. The Kier molecular flexibility index (Phi) is 6.76. The lowest BCUT2D eigenvalue weighted by molar-refractivity contribution is -0.118. The van der Waals surface area contributed by atoms with E-state index in [0.717, 1.165) is 28.4 Å². The van der Waals surface area contributed by atoms with Crippen molar-refractivity contribution in [3.8, 4) is 11.4 Å². The van der Waals surface area contributed by atoms with E-state index < -0.39 is 29.9 Å². The predicted octanol–water partition coefficient (Wildman–Crippen LogP) is 2.87. The van der Waals surface area contributed by atoms with Gasteiger partial charge in [-0.15, -0.1) is 0 Å². The molecule has 0 spiro atoms. The average Bonchev–Trinajstić information content (AvgIpc) is 2.75. The summed E-state index contributed by atoms with van der Waals surface area (Å²) >= 11 is 0. The van der Waals surface area contributed by atoms with Crippen molar-refractivity contribution in [3.05, 3.63) is 82.0 Å². The number of aromatic nitrogens is 2. The van der Waals surface area contributed by atoms with Gasteiger partial charge in [0, 0.05) is 5.69 Å². The van der Waals surface area contributed by atoms with E-state index >= 15 is 0 Å². The number of amides is 1. The van der Waals surface area contributed by atoms with E-state index in [-0.39, 0.29) is 23.7 Å². The molecule has 0 saturated carbocycles. The number of halogens is 1. The third kappa shape index (κ3) is 5.33. The quantitative estimate of drug-likeness (QED) is 0.585. The number of benzene rings is 2. The summed E-state index contributed by atoms with van der Waals surface area (Å²) in [7, 11) is 0. The lowest BCUT2D eigenvalue weighted by Crippen LogP contribution is -2.27. The van der Waals surface area contributed by atoms with Gasteiger partial charge in [0.05, 0.1) is 18.4 Å². The topological polar surface area (TPSA) is 99.5 Å². The second-order valence-electron chi connectivity index (χ2n) is 6.46. The molecule has 3 aromatic rings. The highest BCUT2D eigenvalue weighted by Crippen LogP contribution is 2.17. The molecule has 3 rings (SSSR count). The van der Waals surface area contributed by atoms with Crippen molar-refractivity contribution in [1.82, 2.24) is 9.78 Å². The molecule has 8 nitrogen and oxygen atoms in total. The fraction of sp³-hybridized carbons (Fsp3) is 0.182. The monoisotopic (exact) mass is 425 g/mol. The van der Waals surface area contributed by atoms with Gasteiger partial charge in [0.25, 0.3) is 11.5 Å². The van der Waals surface area contributed by atoms with Crippen LogP contribution in [-0.4, -0.2) is 34.9 Å². The third-order valence-corrected chi connectivity index (χ3v) is 4.21. The highest BCUT2D eigenvalue weighted by Gasteiger charge is 2.20. The van der Waals surface area contributed by atoms with E-state index in [1.54, 1.807) is 19.1 Å². The van der Waals surface area contributed by atoms with Crippen LogP contribution in [0.2, 0.25) is 0 Å². The minimum Gasteiger partial charge on any atom is -0.481 e. The molecule has 0 atom stereocenters. The van der Waals surface area contributed by atoms with Gasteiger partial charge in [-0.1, -0.05) is 18.2 Å². The minimum absolute atomic E-state index is 0.0728. The van der Waals surface area contributed by atoms with Crippen LogP contribution in [0.5, 0.6) is 5.75 Å². The number of carbonyl (C=O) groups is 2. The normalized spacial score (nSPS) is 10.4. The molecule has 9 heteroatoms. The van der Waals surface area contributed by atoms with Crippen LogP contribution in [0, 0.1) is 12.7 Å². The van der Waals surface area contributed by atoms with Crippen LogP contribution in [0.3, 0.4) is 0 Å². The average molecular weight is 425 g/mol. The summed E-state index contributed by atoms with van der Waals surface area (Å²) in [6, 6.07) is 13.2. The Labute approximate surface area is 177 Å². The van der Waals surface area contributed by atoms with E-state index in [2.05, 4.69) is 10.4 Å². The Morgan fingerprint density at radius 1 is 1.13 bits per heavy atom. The number of ether oxygens (including phenoxy) is 2. The number of nitrogens with one attached hydrogen (secondary N) is 1. The fourth-order valence-electron chi connectivity index (χ4n) is 2.70. The zero-order chi connectivity index (χ0) is 22.4. The molecule has 0 aliphatic rings. The Hall–Kier alpha value is -4.01. The summed E-state index contributed by atoms with van der Waals surface area (Å²) < 4.78 is 24.5. The summed E-state index contributed by atoms with van der Waals surface area (Å²) in [5, 5.41) is 6.71. The maximum Gasteiger partial charge on any atom is 0.362 e. The molecule has 0 aliphatic heterocycles. The second-order valence-corrected chi connectivity index (χ2v) is 6.46. The second kappa shape index (κ2) is 9.66. The molecule has 0 unspecified atom stereocenters. The number of hydrogen-bond acceptors (Lipinski definition) is 6. The summed E-state index contributed by atoms with van der Waals surface area (Å²) in [5.74, 6) is -1.98. The third-order valence-electron chi connectivity index (χ3n) is 4.21. The van der Waals surface area contributed by atoms with Crippen LogP contribution in [0.25, 0.3) is 5.69 Å². The van der Waals surface area contributed by atoms with Gasteiger partial charge >= 0.3 is 5.97 Å². The van der Waals surface area contributed by atoms with E-state index in [9.17, 15) is 18.8 Å². The molecule has 0 saturated heterocycles. The zero-order valence-electron chi connectivity index (χ0n) is 16.9. The molecular formula is C22H20FN3O5. The summed E-state index contributed by atoms with van der Waals surface area (Å²) in [5.41, 5.74) is 0.822. The van der Waals surface area contributed by atoms with Gasteiger partial charge in [0.15, 0.2) is 12.4 Å². The molecule has 2 aromatic carbocycles. The largest absolute Gasteiger partial charge is 0.481 e. The molecular weight excluding hydrogens is 405 g/mol. The van der Waals surface area contributed by atoms with Crippen LogP contribution in [0.4, 0.5) is 10.1 Å². The highest BCUT2D eigenvalue weighted by atomic mass is 19.1. The summed E-state index contributed by atoms with van der Waals surface area (Å²) in [6.45, 7) is 3.07. The van der Waals surface area contributed by atoms with E-state index in [1.807, 2.05) is 19.1 Å². The van der Waals surface area contributed by atoms with E-state index in [0.29, 0.717) is 5.69 Å². The van der Waals surface area contributed by atoms with Crippen molar-refractivity contribution >= 4 is 17.6 Å². The number of anilines is 1. The highest BCUT2D eigenvalue weighted by molar-refractivity contribution is 5.93. The lowest BCUT2D eigenvalue weighted by atomic mass is 10.2. The fourth-order valence-corrected chi connectivity index (χ4v) is 2.70. The van der Waals surface area contributed by atoms with Gasteiger partial charge in [-0.2, -0.15) is 9.78 Å². The van der Waals surface area contributed by atoms with E-state index in [1.165, 1.54) is 12.1 Å². The number of rotatable bonds is 7. The SMILES string of the molecule is CCOC(=O)c1nn(-c2ccc(F)cc2)c(=O)cc1OCC(=O)Nc1ccccc1C. The van der Waals surface area contributed by atoms with Crippen molar-refractivity contribution in [2.75, 3.05) is 18.5 Å². The van der Waals surface area contributed by atoms with Gasteiger partial charge in [-0.3, -0.25) is 9.59 Å². The Morgan fingerprint density at radius 3 is 2.52 bits per heavy atom. The maximum absolute atomic E-state index is 13.2. The minimum atomic E-state index is -0.826. The number of aryl methyl sites for hydroxylation is 1. The molecule has 0 bridgehead atoms. The zero-order valence-corrected chi connectivity index (χ0v) is 16.9. The van der Waals surface area contributed by atoms with Crippen molar-refractivity contribution in [2.24, 2.45) is 0 Å². The van der Waals surface area contributed by atoms with E-state index in [4.69, 9.17) is 9.47 Å². The van der Waals surface area contributed by atoms with Crippen LogP contribution >= 0.6 is 0 Å². The molecule has 160 valence electrons. The molecule has 31 heavy (non-hydrogen) atoms. The van der Waals surface area contributed by atoms with Gasteiger partial charge in [0.1, 0.15) is 5.82 Å². The van der Waals surface area contributed by atoms with Crippen LogP contribution in [0.15, 0.2) is 59.4 Å². The summed E-state index contributed by atoms with van der Waals surface area (Å²) in [4.78, 5) is 37.1. The van der Waals surface area contributed by atoms with Gasteiger partial charge in [-0.05, 0) is 49.7 Å².